The molecule has 2 aromatic rings. The molecule has 0 aliphatic carbocycles. The lowest BCUT2D eigenvalue weighted by molar-refractivity contribution is -0.137. The summed E-state index contributed by atoms with van der Waals surface area (Å²) in [7, 11) is 0. The molecule has 2 N–H and O–H groups in total. The third kappa shape index (κ3) is 3.75. The van der Waals surface area contributed by atoms with Crippen LogP contribution < -0.4 is 5.73 Å². The highest BCUT2D eigenvalue weighted by Crippen LogP contribution is 2.33. The summed E-state index contributed by atoms with van der Waals surface area (Å²) >= 11 is 1.39. The highest BCUT2D eigenvalue weighted by Gasteiger charge is 2.30. The van der Waals surface area contributed by atoms with Crippen LogP contribution in [-0.2, 0) is 18.0 Å². The number of thiazole rings is 1. The quantitative estimate of drug-likeness (QED) is 0.877. The minimum absolute atomic E-state index is 0.143. The molecule has 0 aliphatic heterocycles. The number of alkyl halides is 3. The standard InChI is InChI=1S/C15H17F3N2S/c1-14(2,3)12-11(21-13(19)20-12)8-9-4-6-10(7-5-9)15(16,17)18/h4-7H,8H2,1-3H3,(H2,19,20). The van der Waals surface area contributed by atoms with Gasteiger partial charge in [0.05, 0.1) is 11.3 Å². The summed E-state index contributed by atoms with van der Waals surface area (Å²) in [5.74, 6) is 0. The molecule has 0 saturated heterocycles. The second-order valence-electron chi connectivity index (χ2n) is 5.95. The number of aromatic nitrogens is 1. The summed E-state index contributed by atoms with van der Waals surface area (Å²) < 4.78 is 37.6. The molecule has 1 aromatic heterocycles. The molecule has 0 unspecified atom stereocenters. The zero-order chi connectivity index (χ0) is 15.8. The van der Waals surface area contributed by atoms with Gasteiger partial charge in [0, 0.05) is 16.7 Å². The van der Waals surface area contributed by atoms with E-state index >= 15 is 0 Å². The Morgan fingerprint density at radius 2 is 1.67 bits per heavy atom. The average Bonchev–Trinajstić information content (AvgIpc) is 2.69. The maximum absolute atomic E-state index is 12.5. The number of nitrogen functional groups attached to an aromatic ring is 1. The van der Waals surface area contributed by atoms with Crippen molar-refractivity contribution in [1.82, 2.24) is 4.98 Å². The van der Waals surface area contributed by atoms with Gasteiger partial charge in [-0.2, -0.15) is 13.2 Å². The number of benzene rings is 1. The van der Waals surface area contributed by atoms with Crippen LogP contribution >= 0.6 is 11.3 Å². The molecule has 0 spiro atoms. The van der Waals surface area contributed by atoms with Crippen LogP contribution in [0.1, 0.15) is 42.5 Å². The van der Waals surface area contributed by atoms with E-state index in [2.05, 4.69) is 4.98 Å². The molecule has 6 heteroatoms. The van der Waals surface area contributed by atoms with Crippen molar-refractivity contribution in [2.24, 2.45) is 0 Å². The molecule has 2 rings (SSSR count). The summed E-state index contributed by atoms with van der Waals surface area (Å²) in [5, 5.41) is 0.488. The topological polar surface area (TPSA) is 38.9 Å². The van der Waals surface area contributed by atoms with Crippen molar-refractivity contribution in [2.45, 2.75) is 38.8 Å². The first kappa shape index (κ1) is 15.8. The zero-order valence-electron chi connectivity index (χ0n) is 12.1. The SMILES string of the molecule is CC(C)(C)c1nc(N)sc1Cc1ccc(C(F)(F)F)cc1. The number of hydrogen-bond donors (Lipinski definition) is 1. The lowest BCUT2D eigenvalue weighted by Crippen LogP contribution is -2.14. The van der Waals surface area contributed by atoms with E-state index in [9.17, 15) is 13.2 Å². The van der Waals surface area contributed by atoms with Crippen LogP contribution in [0.15, 0.2) is 24.3 Å². The molecule has 2 nitrogen and oxygen atoms in total. The second kappa shape index (κ2) is 5.33. The van der Waals surface area contributed by atoms with Crippen molar-refractivity contribution < 1.29 is 13.2 Å². The average molecular weight is 314 g/mol. The molecule has 1 aromatic carbocycles. The molecule has 0 amide bonds. The van der Waals surface area contributed by atoms with Gasteiger partial charge in [0.2, 0.25) is 0 Å². The van der Waals surface area contributed by atoms with Crippen molar-refractivity contribution in [3.8, 4) is 0 Å². The molecule has 0 aliphatic rings. The summed E-state index contributed by atoms with van der Waals surface area (Å²) in [6, 6.07) is 5.23. The van der Waals surface area contributed by atoms with Crippen LogP contribution in [-0.4, -0.2) is 4.98 Å². The Bertz CT molecular complexity index is 622. The molecule has 0 saturated carbocycles. The molecule has 21 heavy (non-hydrogen) atoms. The molecule has 0 atom stereocenters. The minimum atomic E-state index is -4.30. The van der Waals surface area contributed by atoms with Gasteiger partial charge < -0.3 is 5.73 Å². The zero-order valence-corrected chi connectivity index (χ0v) is 12.9. The van der Waals surface area contributed by atoms with E-state index in [1.807, 2.05) is 20.8 Å². The first-order chi connectivity index (χ1) is 9.57. The Morgan fingerprint density at radius 1 is 1.10 bits per heavy atom. The van der Waals surface area contributed by atoms with Crippen molar-refractivity contribution >= 4 is 16.5 Å². The molecule has 0 bridgehead atoms. The monoisotopic (exact) mass is 314 g/mol. The number of nitrogens with two attached hydrogens (primary N) is 1. The van der Waals surface area contributed by atoms with Crippen LogP contribution in [0.4, 0.5) is 18.3 Å². The van der Waals surface area contributed by atoms with Gasteiger partial charge >= 0.3 is 6.18 Å². The fraction of sp³-hybridized carbons (Fsp3) is 0.400. The van der Waals surface area contributed by atoms with E-state index in [0.29, 0.717) is 11.6 Å². The van der Waals surface area contributed by atoms with Crippen molar-refractivity contribution in [3.05, 3.63) is 46.0 Å². The van der Waals surface area contributed by atoms with Crippen molar-refractivity contribution in [3.63, 3.8) is 0 Å². The lowest BCUT2D eigenvalue weighted by atomic mass is 9.90. The van der Waals surface area contributed by atoms with Gasteiger partial charge in [0.15, 0.2) is 5.13 Å². The van der Waals surface area contributed by atoms with E-state index in [1.54, 1.807) is 0 Å². The largest absolute Gasteiger partial charge is 0.416 e. The van der Waals surface area contributed by atoms with Gasteiger partial charge in [-0.05, 0) is 17.7 Å². The maximum Gasteiger partial charge on any atom is 0.416 e. The molecule has 0 fully saturated rings. The molecular weight excluding hydrogens is 297 g/mol. The van der Waals surface area contributed by atoms with E-state index in [1.165, 1.54) is 23.5 Å². The number of nitrogens with zero attached hydrogens (tertiary/aromatic N) is 1. The van der Waals surface area contributed by atoms with Gasteiger partial charge in [-0.25, -0.2) is 4.98 Å². The summed E-state index contributed by atoms with van der Waals surface area (Å²) in [4.78, 5) is 5.35. The third-order valence-corrected chi connectivity index (χ3v) is 3.95. The van der Waals surface area contributed by atoms with E-state index in [0.717, 1.165) is 28.3 Å². The molecule has 114 valence electrons. The Balaban J connectivity index is 2.27. The van der Waals surface area contributed by atoms with Gasteiger partial charge in [-0.1, -0.05) is 32.9 Å². The molecule has 1 heterocycles. The first-order valence-electron chi connectivity index (χ1n) is 6.49. The highest BCUT2D eigenvalue weighted by molar-refractivity contribution is 7.15. The number of rotatable bonds is 2. The lowest BCUT2D eigenvalue weighted by Gasteiger charge is -2.17. The van der Waals surface area contributed by atoms with Crippen LogP contribution in [0.2, 0.25) is 0 Å². The van der Waals surface area contributed by atoms with Gasteiger partial charge in [-0.3, -0.25) is 0 Å². The van der Waals surface area contributed by atoms with E-state index in [-0.39, 0.29) is 5.41 Å². The molecule has 0 radical (unpaired) electrons. The number of halogens is 3. The third-order valence-electron chi connectivity index (χ3n) is 3.07. The van der Waals surface area contributed by atoms with Crippen molar-refractivity contribution in [2.75, 3.05) is 5.73 Å². The van der Waals surface area contributed by atoms with E-state index < -0.39 is 11.7 Å². The summed E-state index contributed by atoms with van der Waals surface area (Å²) in [5.41, 5.74) is 6.72. The Labute approximate surface area is 125 Å². The van der Waals surface area contributed by atoms with Crippen LogP contribution in [0, 0.1) is 0 Å². The number of hydrogen-bond acceptors (Lipinski definition) is 3. The second-order valence-corrected chi connectivity index (χ2v) is 7.06. The van der Waals surface area contributed by atoms with Gasteiger partial charge in [-0.15, -0.1) is 11.3 Å². The van der Waals surface area contributed by atoms with Crippen molar-refractivity contribution in [1.29, 1.82) is 0 Å². The molecular formula is C15H17F3N2S. The Kier molecular flexibility index (Phi) is 4.02. The van der Waals surface area contributed by atoms with Crippen LogP contribution in [0.5, 0.6) is 0 Å². The van der Waals surface area contributed by atoms with E-state index in [4.69, 9.17) is 5.73 Å². The fourth-order valence-electron chi connectivity index (χ4n) is 2.07. The van der Waals surface area contributed by atoms with Crippen LogP contribution in [0.25, 0.3) is 0 Å². The maximum atomic E-state index is 12.5. The summed E-state index contributed by atoms with van der Waals surface area (Å²) in [6.45, 7) is 6.12. The van der Waals surface area contributed by atoms with Gasteiger partial charge in [0.1, 0.15) is 0 Å². The predicted octanol–water partition coefficient (Wildman–Crippen LogP) is 4.63. The minimum Gasteiger partial charge on any atom is -0.375 e. The predicted molar refractivity (Wildman–Crippen MR) is 79.5 cm³/mol. The normalized spacial score (nSPS) is 12.7. The van der Waals surface area contributed by atoms with Crippen LogP contribution in [0.3, 0.4) is 0 Å². The first-order valence-corrected chi connectivity index (χ1v) is 7.31. The van der Waals surface area contributed by atoms with Gasteiger partial charge in [0.25, 0.3) is 0 Å². The highest BCUT2D eigenvalue weighted by atomic mass is 32.1. The summed E-state index contributed by atoms with van der Waals surface area (Å²) in [6.07, 6.45) is -3.76. The number of anilines is 1. The Morgan fingerprint density at radius 3 is 2.14 bits per heavy atom. The fourth-order valence-corrected chi connectivity index (χ4v) is 3.15. The Hall–Kier alpha value is -1.56. The smallest absolute Gasteiger partial charge is 0.375 e.